The number of carbonyl (C=O) groups excluding carboxylic acids is 2. The molecule has 2 aromatic rings. The quantitative estimate of drug-likeness (QED) is 0.539. The molecule has 3 rings (SSSR count). The predicted molar refractivity (Wildman–Crippen MR) is 125 cm³/mol. The molecule has 2 amide bonds. The van der Waals surface area contributed by atoms with Crippen LogP contribution in [0, 0.1) is 5.92 Å². The van der Waals surface area contributed by atoms with Crippen molar-refractivity contribution in [3.63, 3.8) is 0 Å². The fraction of sp³-hybridized carbons (Fsp3) is 0.400. The first-order chi connectivity index (χ1) is 15.7. The molecule has 33 heavy (non-hydrogen) atoms. The van der Waals surface area contributed by atoms with Gasteiger partial charge in [0.15, 0.2) is 0 Å². The third-order valence-corrected chi connectivity index (χ3v) is 5.73. The van der Waals surface area contributed by atoms with Crippen LogP contribution in [0.1, 0.15) is 30.9 Å². The smallest absolute Gasteiger partial charge is 0.407 e. The van der Waals surface area contributed by atoms with Gasteiger partial charge >= 0.3 is 12.1 Å². The van der Waals surface area contributed by atoms with Crippen LogP contribution >= 0.6 is 0 Å². The molecular formula is C25H31N3O5. The van der Waals surface area contributed by atoms with Gasteiger partial charge in [0.2, 0.25) is 5.91 Å². The van der Waals surface area contributed by atoms with E-state index in [1.165, 1.54) is 0 Å². The number of carboxylic acids is 1. The Bertz CT molecular complexity index is 975. The number of hydrogen-bond donors (Lipinski definition) is 3. The van der Waals surface area contributed by atoms with Crippen LogP contribution in [-0.4, -0.2) is 67.3 Å². The van der Waals surface area contributed by atoms with Crippen molar-refractivity contribution < 1.29 is 24.2 Å². The van der Waals surface area contributed by atoms with E-state index < -0.39 is 30.1 Å². The van der Waals surface area contributed by atoms with Crippen molar-refractivity contribution >= 4 is 18.0 Å². The maximum Gasteiger partial charge on any atom is 0.407 e. The number of ether oxygens (including phenoxy) is 1. The topological polar surface area (TPSA) is 108 Å². The monoisotopic (exact) mass is 453 g/mol. The molecule has 1 unspecified atom stereocenters. The first kappa shape index (κ1) is 24.3. The van der Waals surface area contributed by atoms with Gasteiger partial charge in [-0.15, -0.1) is 0 Å². The normalized spacial score (nSPS) is 14.4. The predicted octanol–water partition coefficient (Wildman–Crippen LogP) is 2.68. The highest BCUT2D eigenvalue weighted by Crippen LogP contribution is 2.44. The summed E-state index contributed by atoms with van der Waals surface area (Å²) in [7, 11) is 3.52. The van der Waals surface area contributed by atoms with Gasteiger partial charge in [0.05, 0.1) is 0 Å². The third-order valence-electron chi connectivity index (χ3n) is 5.73. The van der Waals surface area contributed by atoms with Crippen LogP contribution in [0.3, 0.4) is 0 Å². The van der Waals surface area contributed by atoms with Gasteiger partial charge in [0.25, 0.3) is 0 Å². The van der Waals surface area contributed by atoms with Gasteiger partial charge in [-0.1, -0.05) is 62.4 Å². The van der Waals surface area contributed by atoms with E-state index in [0.29, 0.717) is 0 Å². The van der Waals surface area contributed by atoms with Crippen molar-refractivity contribution in [1.29, 1.82) is 0 Å². The first-order valence-corrected chi connectivity index (χ1v) is 11.0. The van der Waals surface area contributed by atoms with Crippen LogP contribution in [0.15, 0.2) is 48.5 Å². The van der Waals surface area contributed by atoms with Gasteiger partial charge in [-0.2, -0.15) is 0 Å². The number of nitrogens with zero attached hydrogens (tertiary/aromatic N) is 1. The Labute approximate surface area is 193 Å². The number of aliphatic carboxylic acids is 1. The third kappa shape index (κ3) is 5.70. The number of fused-ring (bicyclic) bond motifs is 3. The summed E-state index contributed by atoms with van der Waals surface area (Å²) in [5.74, 6) is -2.09. The minimum absolute atomic E-state index is 0.0957. The van der Waals surface area contributed by atoms with Gasteiger partial charge in [0, 0.05) is 12.5 Å². The van der Waals surface area contributed by atoms with Crippen molar-refractivity contribution in [2.24, 2.45) is 5.92 Å². The van der Waals surface area contributed by atoms with E-state index in [9.17, 15) is 19.5 Å². The zero-order chi connectivity index (χ0) is 24.1. The summed E-state index contributed by atoms with van der Waals surface area (Å²) in [5.41, 5.74) is 4.44. The second kappa shape index (κ2) is 10.5. The van der Waals surface area contributed by atoms with Gasteiger partial charge in [-0.3, -0.25) is 4.79 Å². The molecule has 8 nitrogen and oxygen atoms in total. The molecule has 8 heteroatoms. The maximum absolute atomic E-state index is 12.7. The summed E-state index contributed by atoms with van der Waals surface area (Å²) < 4.78 is 5.54. The number of carbonyl (C=O) groups is 3. The van der Waals surface area contributed by atoms with Crippen LogP contribution in [-0.2, 0) is 14.3 Å². The summed E-state index contributed by atoms with van der Waals surface area (Å²) in [6, 6.07) is 14.0. The van der Waals surface area contributed by atoms with Gasteiger partial charge < -0.3 is 25.4 Å². The lowest BCUT2D eigenvalue weighted by Gasteiger charge is -2.25. The summed E-state index contributed by atoms with van der Waals surface area (Å²) in [6.45, 7) is 3.73. The van der Waals surface area contributed by atoms with E-state index in [1.807, 2.05) is 36.4 Å². The number of amides is 2. The van der Waals surface area contributed by atoms with Gasteiger partial charge in [-0.05, 0) is 42.3 Å². The van der Waals surface area contributed by atoms with E-state index in [2.05, 4.69) is 22.8 Å². The molecule has 1 aliphatic carbocycles. The average molecular weight is 454 g/mol. The molecule has 0 spiro atoms. The van der Waals surface area contributed by atoms with Crippen molar-refractivity contribution in [1.82, 2.24) is 15.5 Å². The Kier molecular flexibility index (Phi) is 7.71. The van der Waals surface area contributed by atoms with Crippen molar-refractivity contribution in [3.8, 4) is 11.1 Å². The second-order valence-corrected chi connectivity index (χ2v) is 8.85. The van der Waals surface area contributed by atoms with Crippen LogP contribution in [0.4, 0.5) is 4.79 Å². The molecule has 0 aromatic heterocycles. The molecule has 0 heterocycles. The fourth-order valence-corrected chi connectivity index (χ4v) is 4.11. The number of alkyl carbamates (subject to hydrolysis) is 1. The number of rotatable bonds is 9. The number of benzene rings is 2. The van der Waals surface area contributed by atoms with Crippen molar-refractivity contribution in [3.05, 3.63) is 59.7 Å². The summed E-state index contributed by atoms with van der Waals surface area (Å²) >= 11 is 0. The summed E-state index contributed by atoms with van der Waals surface area (Å²) in [4.78, 5) is 38.6. The molecule has 0 fully saturated rings. The maximum atomic E-state index is 12.7. The number of likely N-dealkylation sites (N-methyl/N-ethyl adjacent to an activating group) is 1. The number of carboxylic acid groups (broad SMARTS) is 1. The highest BCUT2D eigenvalue weighted by Gasteiger charge is 2.31. The molecule has 0 saturated carbocycles. The molecule has 0 aliphatic heterocycles. The largest absolute Gasteiger partial charge is 0.480 e. The zero-order valence-corrected chi connectivity index (χ0v) is 19.4. The Hall–Kier alpha value is -3.39. The average Bonchev–Trinajstić information content (AvgIpc) is 3.08. The first-order valence-electron chi connectivity index (χ1n) is 11.0. The SMILES string of the molecule is CC(C)C(NC(=O)[C@H](CN(C)C)NC(=O)OCC1c2ccccc2-c2ccccc21)C(=O)O. The molecular weight excluding hydrogens is 422 g/mol. The minimum Gasteiger partial charge on any atom is -0.480 e. The fourth-order valence-electron chi connectivity index (χ4n) is 4.11. The Morgan fingerprint density at radius 3 is 2.00 bits per heavy atom. The van der Waals surface area contributed by atoms with Crippen molar-refractivity contribution in [2.75, 3.05) is 27.2 Å². The van der Waals surface area contributed by atoms with Crippen LogP contribution in [0.5, 0.6) is 0 Å². The Morgan fingerprint density at radius 2 is 1.52 bits per heavy atom. The molecule has 176 valence electrons. The molecule has 2 atom stereocenters. The van der Waals surface area contributed by atoms with Crippen molar-refractivity contribution in [2.45, 2.75) is 31.8 Å². The molecule has 1 aliphatic rings. The van der Waals surface area contributed by atoms with Gasteiger partial charge in [-0.25, -0.2) is 9.59 Å². The molecule has 3 N–H and O–H groups in total. The van der Waals surface area contributed by atoms with E-state index in [1.54, 1.807) is 32.8 Å². The molecule has 0 saturated heterocycles. The standard InChI is InChI=1S/C25H31N3O5/c1-15(2)22(24(30)31)27-23(29)21(13-28(3)4)26-25(32)33-14-20-18-11-7-5-9-16(18)17-10-6-8-12-19(17)20/h5-12,15,20-22H,13-14H2,1-4H3,(H,26,32)(H,27,29)(H,30,31)/t21-,22?/m0/s1. The second-order valence-electron chi connectivity index (χ2n) is 8.85. The highest BCUT2D eigenvalue weighted by atomic mass is 16.5. The molecule has 2 aromatic carbocycles. The number of nitrogens with one attached hydrogen (secondary N) is 2. The van der Waals surface area contributed by atoms with E-state index in [4.69, 9.17) is 4.74 Å². The summed E-state index contributed by atoms with van der Waals surface area (Å²) in [5, 5.41) is 14.5. The molecule has 0 bridgehead atoms. The van der Waals surface area contributed by atoms with E-state index in [-0.39, 0.29) is 25.0 Å². The van der Waals surface area contributed by atoms with E-state index >= 15 is 0 Å². The zero-order valence-electron chi connectivity index (χ0n) is 19.4. The lowest BCUT2D eigenvalue weighted by atomic mass is 9.98. The minimum atomic E-state index is -1.12. The van der Waals surface area contributed by atoms with Gasteiger partial charge in [0.1, 0.15) is 18.7 Å². The van der Waals surface area contributed by atoms with Crippen LogP contribution in [0.25, 0.3) is 11.1 Å². The van der Waals surface area contributed by atoms with Crippen LogP contribution in [0.2, 0.25) is 0 Å². The van der Waals surface area contributed by atoms with Crippen LogP contribution < -0.4 is 10.6 Å². The summed E-state index contributed by atoms with van der Waals surface area (Å²) in [6.07, 6.45) is -0.727. The van der Waals surface area contributed by atoms with E-state index in [0.717, 1.165) is 22.3 Å². The Morgan fingerprint density at radius 1 is 0.970 bits per heavy atom. The Balaban J connectivity index is 1.67. The highest BCUT2D eigenvalue weighted by molar-refractivity contribution is 5.89. The number of hydrogen-bond acceptors (Lipinski definition) is 5. The molecule has 0 radical (unpaired) electrons. The lowest BCUT2D eigenvalue weighted by molar-refractivity contribution is -0.143. The lowest BCUT2D eigenvalue weighted by Crippen LogP contribution is -2.56.